The van der Waals surface area contributed by atoms with Crippen LogP contribution < -0.4 is 11.1 Å². The molecule has 1 saturated heterocycles. The molecule has 4 N–H and O–H groups in total. The number of amides is 2. The Morgan fingerprint density at radius 1 is 1.20 bits per heavy atom. The Labute approximate surface area is 114 Å². The van der Waals surface area contributed by atoms with Crippen LogP contribution in [0.4, 0.5) is 0 Å². The number of carbonyl (C=O) groups excluding carboxylic acids is 2. The highest BCUT2D eigenvalue weighted by molar-refractivity contribution is 5.99. The second-order valence-corrected chi connectivity index (χ2v) is 4.59. The largest absolute Gasteiger partial charge is 0.478 e. The molecule has 1 aromatic carbocycles. The van der Waals surface area contributed by atoms with Gasteiger partial charge in [-0.25, -0.2) is 4.79 Å². The Balaban J connectivity index is 2.15. The maximum atomic E-state index is 12.1. The van der Waals surface area contributed by atoms with Crippen molar-refractivity contribution >= 4 is 17.8 Å². The third-order valence-corrected chi connectivity index (χ3v) is 3.24. The molecule has 2 amide bonds. The molecular weight excluding hydrogens is 264 g/mol. The SMILES string of the molecule is NC(=O)C1(NC(=O)c2ccc(C(=O)O)cc2)CCOC1. The summed E-state index contributed by atoms with van der Waals surface area (Å²) in [7, 11) is 0. The van der Waals surface area contributed by atoms with E-state index in [0.29, 0.717) is 13.0 Å². The molecule has 1 aliphatic rings. The molecule has 7 nitrogen and oxygen atoms in total. The molecule has 0 aromatic heterocycles. The van der Waals surface area contributed by atoms with Gasteiger partial charge >= 0.3 is 5.97 Å². The number of aromatic carboxylic acids is 1. The molecule has 1 fully saturated rings. The fraction of sp³-hybridized carbons (Fsp3) is 0.308. The van der Waals surface area contributed by atoms with Crippen LogP contribution in [0.15, 0.2) is 24.3 Å². The molecule has 0 bridgehead atoms. The molecule has 1 unspecified atom stereocenters. The molecule has 106 valence electrons. The number of carboxylic acids is 1. The highest BCUT2D eigenvalue weighted by Gasteiger charge is 2.42. The highest BCUT2D eigenvalue weighted by atomic mass is 16.5. The Bertz CT molecular complexity index is 546. The van der Waals surface area contributed by atoms with Crippen LogP contribution in [0.5, 0.6) is 0 Å². The molecule has 0 saturated carbocycles. The van der Waals surface area contributed by atoms with Crippen molar-refractivity contribution in [2.45, 2.75) is 12.0 Å². The molecule has 2 rings (SSSR count). The van der Waals surface area contributed by atoms with Gasteiger partial charge in [0.05, 0.1) is 12.2 Å². The van der Waals surface area contributed by atoms with E-state index in [4.69, 9.17) is 15.6 Å². The predicted octanol–water partition coefficient (Wildman–Crippen LogP) is -0.241. The van der Waals surface area contributed by atoms with Crippen molar-refractivity contribution < 1.29 is 24.2 Å². The van der Waals surface area contributed by atoms with Gasteiger partial charge < -0.3 is 20.9 Å². The Kier molecular flexibility index (Phi) is 3.71. The van der Waals surface area contributed by atoms with Gasteiger partial charge in [-0.15, -0.1) is 0 Å². The zero-order valence-corrected chi connectivity index (χ0v) is 10.6. The van der Waals surface area contributed by atoms with Crippen LogP contribution >= 0.6 is 0 Å². The minimum absolute atomic E-state index is 0.0429. The van der Waals surface area contributed by atoms with Gasteiger partial charge in [-0.05, 0) is 24.3 Å². The summed E-state index contributed by atoms with van der Waals surface area (Å²) in [5, 5.41) is 11.4. The van der Waals surface area contributed by atoms with E-state index in [-0.39, 0.29) is 17.7 Å². The summed E-state index contributed by atoms with van der Waals surface area (Å²) in [6, 6.07) is 5.39. The monoisotopic (exact) mass is 278 g/mol. The number of rotatable bonds is 4. The van der Waals surface area contributed by atoms with Crippen LogP contribution in [0.3, 0.4) is 0 Å². The highest BCUT2D eigenvalue weighted by Crippen LogP contribution is 2.19. The number of primary amides is 1. The quantitative estimate of drug-likeness (QED) is 0.702. The smallest absolute Gasteiger partial charge is 0.335 e. The standard InChI is InChI=1S/C13H14N2O5/c14-12(19)13(5-6-20-7-13)15-10(16)8-1-3-9(4-2-8)11(17)18/h1-4H,5-7H2,(H2,14,19)(H,15,16)(H,17,18). The van der Waals surface area contributed by atoms with Gasteiger partial charge in [0.15, 0.2) is 0 Å². The van der Waals surface area contributed by atoms with Crippen molar-refractivity contribution in [3.05, 3.63) is 35.4 Å². The third-order valence-electron chi connectivity index (χ3n) is 3.24. The number of ether oxygens (including phenoxy) is 1. The summed E-state index contributed by atoms with van der Waals surface area (Å²) >= 11 is 0. The van der Waals surface area contributed by atoms with Gasteiger partial charge in [0, 0.05) is 18.6 Å². The van der Waals surface area contributed by atoms with Gasteiger partial charge in [-0.3, -0.25) is 9.59 Å². The van der Waals surface area contributed by atoms with Crippen LogP contribution in [0.2, 0.25) is 0 Å². The van der Waals surface area contributed by atoms with Gasteiger partial charge in [0.25, 0.3) is 5.91 Å². The summed E-state index contributed by atoms with van der Waals surface area (Å²) in [5.41, 5.74) is 4.45. The lowest BCUT2D eigenvalue weighted by atomic mass is 9.97. The summed E-state index contributed by atoms with van der Waals surface area (Å²) in [6.45, 7) is 0.391. The van der Waals surface area contributed by atoms with Crippen molar-refractivity contribution in [1.82, 2.24) is 5.32 Å². The van der Waals surface area contributed by atoms with Crippen LogP contribution in [-0.4, -0.2) is 41.6 Å². The lowest BCUT2D eigenvalue weighted by Gasteiger charge is -2.24. The first-order valence-electron chi connectivity index (χ1n) is 5.98. The van der Waals surface area contributed by atoms with Crippen LogP contribution in [0.25, 0.3) is 0 Å². The average Bonchev–Trinajstić information content (AvgIpc) is 2.88. The number of carbonyl (C=O) groups is 3. The van der Waals surface area contributed by atoms with E-state index in [1.165, 1.54) is 24.3 Å². The first kappa shape index (κ1) is 14.0. The minimum Gasteiger partial charge on any atom is -0.478 e. The minimum atomic E-state index is -1.19. The maximum absolute atomic E-state index is 12.1. The molecule has 1 aliphatic heterocycles. The van der Waals surface area contributed by atoms with E-state index in [0.717, 1.165) is 0 Å². The number of nitrogens with one attached hydrogen (secondary N) is 1. The summed E-state index contributed by atoms with van der Waals surface area (Å²) in [5.74, 6) is -2.22. The average molecular weight is 278 g/mol. The second-order valence-electron chi connectivity index (χ2n) is 4.59. The van der Waals surface area contributed by atoms with E-state index in [1.54, 1.807) is 0 Å². The molecule has 1 aromatic rings. The zero-order chi connectivity index (χ0) is 14.8. The van der Waals surface area contributed by atoms with Gasteiger partial charge in [0.2, 0.25) is 5.91 Å². The fourth-order valence-electron chi connectivity index (χ4n) is 1.97. The fourth-order valence-corrected chi connectivity index (χ4v) is 1.97. The summed E-state index contributed by atoms with van der Waals surface area (Å²) < 4.78 is 5.12. The predicted molar refractivity (Wildman–Crippen MR) is 68.2 cm³/mol. The Morgan fingerprint density at radius 2 is 1.80 bits per heavy atom. The number of carboxylic acid groups (broad SMARTS) is 1. The molecule has 0 aliphatic carbocycles. The Morgan fingerprint density at radius 3 is 2.25 bits per heavy atom. The van der Waals surface area contributed by atoms with E-state index in [2.05, 4.69) is 5.32 Å². The number of nitrogens with two attached hydrogens (primary N) is 1. The van der Waals surface area contributed by atoms with E-state index >= 15 is 0 Å². The second kappa shape index (κ2) is 5.30. The molecular formula is C13H14N2O5. The van der Waals surface area contributed by atoms with Gasteiger partial charge in [0.1, 0.15) is 5.54 Å². The van der Waals surface area contributed by atoms with Crippen molar-refractivity contribution in [2.24, 2.45) is 5.73 Å². The van der Waals surface area contributed by atoms with Gasteiger partial charge in [-0.2, -0.15) is 0 Å². The first-order valence-corrected chi connectivity index (χ1v) is 5.98. The van der Waals surface area contributed by atoms with Crippen molar-refractivity contribution in [3.63, 3.8) is 0 Å². The molecule has 20 heavy (non-hydrogen) atoms. The number of benzene rings is 1. The normalized spacial score (nSPS) is 21.4. The van der Waals surface area contributed by atoms with Gasteiger partial charge in [-0.1, -0.05) is 0 Å². The Hall–Kier alpha value is -2.41. The van der Waals surface area contributed by atoms with Crippen LogP contribution in [0.1, 0.15) is 27.1 Å². The summed E-state index contributed by atoms with van der Waals surface area (Å²) in [4.78, 5) is 34.3. The number of hydrogen-bond donors (Lipinski definition) is 3. The molecule has 1 atom stereocenters. The maximum Gasteiger partial charge on any atom is 0.335 e. The summed E-state index contributed by atoms with van der Waals surface area (Å²) in [6.07, 6.45) is 0.321. The topological polar surface area (TPSA) is 119 Å². The zero-order valence-electron chi connectivity index (χ0n) is 10.6. The molecule has 7 heteroatoms. The van der Waals surface area contributed by atoms with Crippen LogP contribution in [0, 0.1) is 0 Å². The third kappa shape index (κ3) is 2.62. The lowest BCUT2D eigenvalue weighted by Crippen LogP contribution is -2.58. The number of hydrogen-bond acceptors (Lipinski definition) is 4. The van der Waals surface area contributed by atoms with Crippen LogP contribution in [-0.2, 0) is 9.53 Å². The van der Waals surface area contributed by atoms with Crippen molar-refractivity contribution in [2.75, 3.05) is 13.2 Å². The molecule has 1 heterocycles. The van der Waals surface area contributed by atoms with E-state index < -0.39 is 23.3 Å². The van der Waals surface area contributed by atoms with Crippen molar-refractivity contribution in [1.29, 1.82) is 0 Å². The van der Waals surface area contributed by atoms with Crippen molar-refractivity contribution in [3.8, 4) is 0 Å². The first-order chi connectivity index (χ1) is 9.44. The van der Waals surface area contributed by atoms with E-state index in [1.807, 2.05) is 0 Å². The molecule has 0 spiro atoms. The van der Waals surface area contributed by atoms with E-state index in [9.17, 15) is 14.4 Å². The molecule has 0 radical (unpaired) electrons. The lowest BCUT2D eigenvalue weighted by molar-refractivity contribution is -0.124.